The van der Waals surface area contributed by atoms with Crippen LogP contribution in [0.15, 0.2) is 59.9 Å². The van der Waals surface area contributed by atoms with Gasteiger partial charge in [-0.05, 0) is 18.2 Å². The molecule has 0 aliphatic carbocycles. The maximum Gasteiger partial charge on any atom is 0.434 e. The molecule has 0 aliphatic heterocycles. The number of carbonyl (C=O) groups excluding carboxylic acids is 1. The van der Waals surface area contributed by atoms with E-state index in [1.165, 1.54) is 37.1 Å². The van der Waals surface area contributed by atoms with Gasteiger partial charge in [0, 0.05) is 12.4 Å². The van der Waals surface area contributed by atoms with E-state index < -0.39 is 29.2 Å². The van der Waals surface area contributed by atoms with E-state index in [4.69, 9.17) is 16.0 Å². The Morgan fingerprint density at radius 1 is 1.12 bits per heavy atom. The predicted molar refractivity (Wildman–Crippen MR) is 110 cm³/mol. The van der Waals surface area contributed by atoms with E-state index in [1.54, 1.807) is 0 Å². The highest BCUT2D eigenvalue weighted by Crippen LogP contribution is 2.34. The first-order chi connectivity index (χ1) is 16.2. The summed E-state index contributed by atoms with van der Waals surface area (Å²) < 4.78 is 62.7. The Morgan fingerprint density at radius 3 is 2.65 bits per heavy atom. The van der Waals surface area contributed by atoms with Gasteiger partial charge in [0.25, 0.3) is 5.91 Å². The van der Waals surface area contributed by atoms with Gasteiger partial charge in [0.15, 0.2) is 17.2 Å². The lowest BCUT2D eigenvalue weighted by Gasteiger charge is -2.14. The van der Waals surface area contributed by atoms with Crippen molar-refractivity contribution in [3.8, 4) is 17.4 Å². The Morgan fingerprint density at radius 2 is 1.94 bits per heavy atom. The summed E-state index contributed by atoms with van der Waals surface area (Å²) in [5, 5.41) is 6.12. The topological polar surface area (TPSA) is 103 Å². The number of nitrogens with zero attached hydrogens (tertiary/aromatic N) is 6. The van der Waals surface area contributed by atoms with Gasteiger partial charge >= 0.3 is 6.18 Å². The zero-order valence-corrected chi connectivity index (χ0v) is 17.3. The van der Waals surface area contributed by atoms with Crippen LogP contribution in [0.3, 0.4) is 0 Å². The van der Waals surface area contributed by atoms with Gasteiger partial charge in [-0.15, -0.1) is 0 Å². The average Bonchev–Trinajstić information content (AvgIpc) is 3.54. The summed E-state index contributed by atoms with van der Waals surface area (Å²) in [6.07, 6.45) is 2.19. The molecule has 0 unspecified atom stereocenters. The fourth-order valence-corrected chi connectivity index (χ4v) is 3.55. The van der Waals surface area contributed by atoms with Gasteiger partial charge in [-0.2, -0.15) is 18.3 Å². The van der Waals surface area contributed by atoms with E-state index in [0.717, 1.165) is 22.7 Å². The minimum absolute atomic E-state index is 0.0324. The highest BCUT2D eigenvalue weighted by Gasteiger charge is 2.41. The molecule has 1 N–H and O–H groups in total. The van der Waals surface area contributed by atoms with Crippen LogP contribution < -0.4 is 5.32 Å². The second-order valence-corrected chi connectivity index (χ2v) is 7.23. The fraction of sp³-hybridized carbons (Fsp3) is 0.0500. The number of anilines is 1. The molecule has 0 radical (unpaired) electrons. The van der Waals surface area contributed by atoms with Crippen molar-refractivity contribution in [1.29, 1.82) is 0 Å². The lowest BCUT2D eigenvalue weighted by Crippen LogP contribution is -2.21. The molecule has 0 fully saturated rings. The van der Waals surface area contributed by atoms with Gasteiger partial charge in [-0.25, -0.2) is 24.0 Å². The molecule has 172 valence electrons. The summed E-state index contributed by atoms with van der Waals surface area (Å²) in [4.78, 5) is 24.5. The van der Waals surface area contributed by atoms with Crippen molar-refractivity contribution in [2.24, 2.45) is 0 Å². The quantitative estimate of drug-likeness (QED) is 0.368. The number of amides is 1. The predicted octanol–water partition coefficient (Wildman–Crippen LogP) is 4.63. The molecular weight excluding hydrogens is 482 g/mol. The molecule has 9 nitrogen and oxygen atoms in total. The monoisotopic (exact) mass is 491 g/mol. The summed E-state index contributed by atoms with van der Waals surface area (Å²) >= 11 is 6.15. The van der Waals surface area contributed by atoms with Gasteiger partial charge in [-0.3, -0.25) is 9.20 Å². The first-order valence-electron chi connectivity index (χ1n) is 9.38. The van der Waals surface area contributed by atoms with Crippen molar-refractivity contribution in [2.45, 2.75) is 6.18 Å². The van der Waals surface area contributed by atoms with Crippen LogP contribution in [0.1, 0.15) is 16.1 Å². The fourth-order valence-electron chi connectivity index (χ4n) is 3.30. The van der Waals surface area contributed by atoms with Crippen LogP contribution in [-0.4, -0.2) is 35.0 Å². The number of aromatic nitrogens is 6. The van der Waals surface area contributed by atoms with Crippen LogP contribution in [-0.2, 0) is 6.18 Å². The van der Waals surface area contributed by atoms with Crippen molar-refractivity contribution < 1.29 is 26.8 Å². The molecule has 1 amide bonds. The Bertz CT molecular complexity index is 1530. The number of alkyl halides is 3. The molecule has 0 saturated heterocycles. The molecule has 0 bridgehead atoms. The van der Waals surface area contributed by atoms with Crippen molar-refractivity contribution >= 4 is 28.8 Å². The zero-order valence-electron chi connectivity index (χ0n) is 16.6. The highest BCUT2D eigenvalue weighted by atomic mass is 35.5. The number of fused-ring (bicyclic) bond motifs is 1. The summed E-state index contributed by atoms with van der Waals surface area (Å²) in [5.41, 5.74) is -2.10. The molecule has 5 aromatic heterocycles. The summed E-state index contributed by atoms with van der Waals surface area (Å²) in [5.74, 6) is -1.87. The minimum atomic E-state index is -4.98. The van der Waals surface area contributed by atoms with Crippen LogP contribution in [0.5, 0.6) is 0 Å². The highest BCUT2D eigenvalue weighted by molar-refractivity contribution is 6.33. The van der Waals surface area contributed by atoms with Gasteiger partial charge in [0.2, 0.25) is 5.89 Å². The second-order valence-electron chi connectivity index (χ2n) is 6.82. The van der Waals surface area contributed by atoms with Gasteiger partial charge in [0.1, 0.15) is 17.8 Å². The number of halogens is 5. The summed E-state index contributed by atoms with van der Waals surface area (Å²) in [7, 11) is 0. The summed E-state index contributed by atoms with van der Waals surface area (Å²) in [6.45, 7) is 0. The van der Waals surface area contributed by atoms with E-state index in [1.807, 2.05) is 0 Å². The van der Waals surface area contributed by atoms with Gasteiger partial charge in [-0.1, -0.05) is 11.6 Å². The third kappa shape index (κ3) is 3.65. The number of hydrogen-bond donors (Lipinski definition) is 1. The number of carbonyl (C=O) groups is 1. The zero-order chi connectivity index (χ0) is 24.0. The van der Waals surface area contributed by atoms with E-state index in [-0.39, 0.29) is 33.8 Å². The number of pyridine rings is 2. The molecule has 0 aliphatic rings. The maximum absolute atomic E-state index is 14.0. The molecule has 5 aromatic rings. The second kappa shape index (κ2) is 7.95. The number of nitrogens with one attached hydrogen (secondary N) is 1. The lowest BCUT2D eigenvalue weighted by molar-refractivity contribution is -0.143. The first kappa shape index (κ1) is 21.6. The first-order valence-corrected chi connectivity index (χ1v) is 9.76. The normalized spacial score (nSPS) is 11.8. The van der Waals surface area contributed by atoms with Crippen LogP contribution in [0.4, 0.5) is 23.2 Å². The molecule has 5 heterocycles. The van der Waals surface area contributed by atoms with Crippen molar-refractivity contribution in [1.82, 2.24) is 29.1 Å². The van der Waals surface area contributed by atoms with Crippen LogP contribution in [0.25, 0.3) is 23.0 Å². The standard InChI is InChI=1S/C20H10ClF4N7O2/c21-12-7-10(8-28-15(12)19-27-4-6-34-19)30-18(33)11-9-29-32(16(11)20(23,24)25)14-2-1-13(22)17-26-3-5-31(14)17/h1-9H,(H,30,33). The van der Waals surface area contributed by atoms with Crippen LogP contribution in [0, 0.1) is 5.82 Å². The molecule has 0 saturated carbocycles. The molecule has 0 atom stereocenters. The van der Waals surface area contributed by atoms with Crippen LogP contribution in [0.2, 0.25) is 5.02 Å². The SMILES string of the molecule is O=C(Nc1cnc(-c2ncco2)c(Cl)c1)c1cnn(-c2ccc(F)c3nccn23)c1C(F)(F)F. The van der Waals surface area contributed by atoms with Crippen molar-refractivity contribution in [2.75, 3.05) is 5.32 Å². The molecule has 14 heteroatoms. The number of oxazole rings is 1. The third-order valence-corrected chi connectivity index (χ3v) is 5.00. The number of imidazole rings is 1. The number of rotatable bonds is 4. The minimum Gasteiger partial charge on any atom is -0.443 e. The molecule has 0 spiro atoms. The average molecular weight is 492 g/mol. The van der Waals surface area contributed by atoms with Gasteiger partial charge in [0.05, 0.1) is 34.9 Å². The Kier molecular flexibility index (Phi) is 5.05. The van der Waals surface area contributed by atoms with Crippen molar-refractivity contribution in [3.05, 3.63) is 77.5 Å². The molecular formula is C20H10ClF4N7O2. The van der Waals surface area contributed by atoms with E-state index in [9.17, 15) is 22.4 Å². The van der Waals surface area contributed by atoms with E-state index >= 15 is 0 Å². The van der Waals surface area contributed by atoms with Crippen LogP contribution >= 0.6 is 11.6 Å². The summed E-state index contributed by atoms with van der Waals surface area (Å²) in [6, 6.07) is 3.35. The lowest BCUT2D eigenvalue weighted by atomic mass is 10.2. The van der Waals surface area contributed by atoms with Gasteiger partial charge < -0.3 is 9.73 Å². The Balaban J connectivity index is 1.53. The maximum atomic E-state index is 14.0. The third-order valence-electron chi connectivity index (χ3n) is 4.71. The Hall–Kier alpha value is -4.26. The van der Waals surface area contributed by atoms with E-state index in [2.05, 4.69) is 25.4 Å². The smallest absolute Gasteiger partial charge is 0.434 e. The largest absolute Gasteiger partial charge is 0.443 e. The number of hydrogen-bond acceptors (Lipinski definition) is 6. The Labute approximate surface area is 191 Å². The molecule has 5 rings (SSSR count). The molecule has 34 heavy (non-hydrogen) atoms. The van der Waals surface area contributed by atoms with E-state index in [0.29, 0.717) is 4.68 Å². The molecule has 0 aromatic carbocycles. The van der Waals surface area contributed by atoms with Crippen molar-refractivity contribution in [3.63, 3.8) is 0 Å².